The zero-order valence-electron chi connectivity index (χ0n) is 10.9. The van der Waals surface area contributed by atoms with Gasteiger partial charge in [-0.15, -0.1) is 5.10 Å². The molecule has 17 heavy (non-hydrogen) atoms. The molecular weight excluding hydrogens is 220 g/mol. The third-order valence-electron chi connectivity index (χ3n) is 2.23. The highest BCUT2D eigenvalue weighted by Gasteiger charge is 2.22. The van der Waals surface area contributed by atoms with Crippen LogP contribution in [-0.2, 0) is 4.79 Å². The lowest BCUT2D eigenvalue weighted by atomic mass is 10.1. The van der Waals surface area contributed by atoms with E-state index in [1.165, 1.54) is 4.68 Å². The van der Waals surface area contributed by atoms with Crippen LogP contribution in [0.3, 0.4) is 0 Å². The number of rotatable bonds is 3. The summed E-state index contributed by atoms with van der Waals surface area (Å²) in [6, 6.07) is -0.450. The molecule has 6 nitrogen and oxygen atoms in total. The van der Waals surface area contributed by atoms with Crippen molar-refractivity contribution < 1.29 is 9.90 Å². The third kappa shape index (κ3) is 3.81. The molecule has 1 aromatic heterocycles. The lowest BCUT2D eigenvalue weighted by molar-refractivity contribution is -0.125. The largest absolute Gasteiger partial charge is 0.387 e. The van der Waals surface area contributed by atoms with Crippen LogP contribution in [0.2, 0.25) is 0 Å². The average molecular weight is 240 g/mol. The SMILES string of the molecule is CC(O)c1cn(C(C)C(=O)NC(C)(C)C)nn1. The van der Waals surface area contributed by atoms with E-state index in [0.717, 1.165) is 0 Å². The number of aromatic nitrogens is 3. The van der Waals surface area contributed by atoms with Crippen LogP contribution in [0, 0.1) is 0 Å². The molecule has 1 aromatic rings. The summed E-state index contributed by atoms with van der Waals surface area (Å²) in [5, 5.41) is 19.8. The number of hydrogen-bond acceptors (Lipinski definition) is 4. The monoisotopic (exact) mass is 240 g/mol. The van der Waals surface area contributed by atoms with Gasteiger partial charge in [-0.1, -0.05) is 5.21 Å². The van der Waals surface area contributed by atoms with E-state index in [1.54, 1.807) is 20.0 Å². The van der Waals surface area contributed by atoms with Gasteiger partial charge in [-0.05, 0) is 34.6 Å². The highest BCUT2D eigenvalue weighted by atomic mass is 16.3. The molecular formula is C11H20N4O2. The molecule has 1 amide bonds. The first-order valence-corrected chi connectivity index (χ1v) is 5.62. The van der Waals surface area contributed by atoms with Gasteiger partial charge in [-0.3, -0.25) is 4.79 Å². The lowest BCUT2D eigenvalue weighted by Crippen LogP contribution is -2.43. The zero-order chi connectivity index (χ0) is 13.2. The number of carbonyl (C=O) groups is 1. The molecule has 0 aliphatic carbocycles. The zero-order valence-corrected chi connectivity index (χ0v) is 10.9. The number of nitrogens with one attached hydrogen (secondary N) is 1. The molecule has 0 radical (unpaired) electrons. The second-order valence-corrected chi connectivity index (χ2v) is 5.21. The minimum atomic E-state index is -0.679. The molecule has 96 valence electrons. The lowest BCUT2D eigenvalue weighted by Gasteiger charge is -2.23. The quantitative estimate of drug-likeness (QED) is 0.819. The topological polar surface area (TPSA) is 80.0 Å². The van der Waals surface area contributed by atoms with Gasteiger partial charge in [-0.25, -0.2) is 4.68 Å². The maximum absolute atomic E-state index is 11.9. The smallest absolute Gasteiger partial charge is 0.245 e. The summed E-state index contributed by atoms with van der Waals surface area (Å²) in [7, 11) is 0. The number of amides is 1. The van der Waals surface area contributed by atoms with Gasteiger partial charge in [0, 0.05) is 5.54 Å². The van der Waals surface area contributed by atoms with Crippen LogP contribution in [-0.4, -0.2) is 31.5 Å². The molecule has 2 atom stereocenters. The highest BCUT2D eigenvalue weighted by molar-refractivity contribution is 5.80. The van der Waals surface area contributed by atoms with Gasteiger partial charge >= 0.3 is 0 Å². The Balaban J connectivity index is 2.75. The van der Waals surface area contributed by atoms with E-state index < -0.39 is 12.1 Å². The van der Waals surface area contributed by atoms with Crippen molar-refractivity contribution in [2.45, 2.75) is 52.3 Å². The minimum Gasteiger partial charge on any atom is -0.387 e. The van der Waals surface area contributed by atoms with Crippen molar-refractivity contribution in [2.75, 3.05) is 0 Å². The second-order valence-electron chi connectivity index (χ2n) is 5.21. The Hall–Kier alpha value is -1.43. The maximum atomic E-state index is 11.9. The van der Waals surface area contributed by atoms with Crippen LogP contribution < -0.4 is 5.32 Å². The molecule has 0 saturated heterocycles. The molecule has 0 spiro atoms. The average Bonchev–Trinajstić information content (AvgIpc) is 2.62. The van der Waals surface area contributed by atoms with Gasteiger partial charge in [0.05, 0.1) is 12.3 Å². The molecule has 6 heteroatoms. The van der Waals surface area contributed by atoms with Crippen LogP contribution in [0.5, 0.6) is 0 Å². The van der Waals surface area contributed by atoms with E-state index >= 15 is 0 Å². The fraction of sp³-hybridized carbons (Fsp3) is 0.727. The summed E-state index contributed by atoms with van der Waals surface area (Å²) in [6.45, 7) is 9.09. The molecule has 1 rings (SSSR count). The number of aliphatic hydroxyl groups is 1. The first kappa shape index (κ1) is 13.6. The molecule has 0 bridgehead atoms. The fourth-order valence-corrected chi connectivity index (χ4v) is 1.27. The second kappa shape index (κ2) is 4.83. The van der Waals surface area contributed by atoms with Gasteiger partial charge in [0.25, 0.3) is 0 Å². The Labute approximate surface area is 101 Å². The summed E-state index contributed by atoms with van der Waals surface area (Å²) in [4.78, 5) is 11.9. The summed E-state index contributed by atoms with van der Waals surface area (Å²) in [5.74, 6) is -0.125. The summed E-state index contributed by atoms with van der Waals surface area (Å²) < 4.78 is 1.45. The summed E-state index contributed by atoms with van der Waals surface area (Å²) in [6.07, 6.45) is 0.902. The van der Waals surface area contributed by atoms with Gasteiger partial charge in [0.2, 0.25) is 5.91 Å². The van der Waals surface area contributed by atoms with E-state index in [2.05, 4.69) is 15.6 Å². The van der Waals surface area contributed by atoms with Crippen LogP contribution in [0.1, 0.15) is 52.5 Å². The molecule has 2 N–H and O–H groups in total. The van der Waals surface area contributed by atoms with Crippen LogP contribution in [0.15, 0.2) is 6.20 Å². The van der Waals surface area contributed by atoms with Crippen molar-refractivity contribution >= 4 is 5.91 Å². The summed E-state index contributed by atoms with van der Waals surface area (Å²) in [5.41, 5.74) is 0.180. The highest BCUT2D eigenvalue weighted by Crippen LogP contribution is 2.11. The van der Waals surface area contributed by atoms with Crippen molar-refractivity contribution in [1.29, 1.82) is 0 Å². The van der Waals surface area contributed by atoms with Gasteiger partial charge in [0.1, 0.15) is 11.7 Å². The molecule has 0 saturated carbocycles. The number of aliphatic hydroxyl groups excluding tert-OH is 1. The Morgan fingerprint density at radius 1 is 1.47 bits per heavy atom. The minimum absolute atomic E-state index is 0.125. The maximum Gasteiger partial charge on any atom is 0.245 e. The first-order chi connectivity index (χ1) is 7.70. The van der Waals surface area contributed by atoms with Crippen LogP contribution in [0.4, 0.5) is 0 Å². The summed E-state index contributed by atoms with van der Waals surface area (Å²) >= 11 is 0. The molecule has 2 unspecified atom stereocenters. The van der Waals surface area contributed by atoms with Crippen molar-refractivity contribution in [3.8, 4) is 0 Å². The van der Waals surface area contributed by atoms with E-state index in [9.17, 15) is 9.90 Å². The van der Waals surface area contributed by atoms with E-state index in [-0.39, 0.29) is 11.4 Å². The number of carbonyl (C=O) groups excluding carboxylic acids is 1. The van der Waals surface area contributed by atoms with Gasteiger partial charge < -0.3 is 10.4 Å². The molecule has 1 heterocycles. The van der Waals surface area contributed by atoms with Crippen molar-refractivity contribution in [3.63, 3.8) is 0 Å². The van der Waals surface area contributed by atoms with E-state index in [4.69, 9.17) is 0 Å². The van der Waals surface area contributed by atoms with E-state index in [0.29, 0.717) is 5.69 Å². The van der Waals surface area contributed by atoms with E-state index in [1.807, 2.05) is 20.8 Å². The first-order valence-electron chi connectivity index (χ1n) is 5.62. The van der Waals surface area contributed by atoms with Gasteiger partial charge in [-0.2, -0.15) is 0 Å². The normalized spacial score (nSPS) is 15.4. The third-order valence-corrected chi connectivity index (χ3v) is 2.23. The number of nitrogens with zero attached hydrogens (tertiary/aromatic N) is 3. The molecule has 0 aliphatic rings. The van der Waals surface area contributed by atoms with Crippen LogP contribution >= 0.6 is 0 Å². The molecule has 0 aromatic carbocycles. The predicted molar refractivity (Wildman–Crippen MR) is 63.3 cm³/mol. The fourth-order valence-electron chi connectivity index (χ4n) is 1.27. The molecule has 0 aliphatic heterocycles. The van der Waals surface area contributed by atoms with Gasteiger partial charge in [0.15, 0.2) is 0 Å². The van der Waals surface area contributed by atoms with Crippen molar-refractivity contribution in [2.24, 2.45) is 0 Å². The van der Waals surface area contributed by atoms with Crippen LogP contribution in [0.25, 0.3) is 0 Å². The van der Waals surface area contributed by atoms with Crippen molar-refractivity contribution in [3.05, 3.63) is 11.9 Å². The number of hydrogen-bond donors (Lipinski definition) is 2. The molecule has 0 fully saturated rings. The standard InChI is InChI=1S/C11H20N4O2/c1-7(10(17)12-11(3,4)5)15-6-9(8(2)16)13-14-15/h6-8,16H,1-5H3,(H,12,17). The Kier molecular flexibility index (Phi) is 3.87. The Morgan fingerprint density at radius 3 is 2.47 bits per heavy atom. The van der Waals surface area contributed by atoms with Crippen molar-refractivity contribution in [1.82, 2.24) is 20.3 Å². The predicted octanol–water partition coefficient (Wildman–Crippen LogP) is 0.807. The Morgan fingerprint density at radius 2 is 2.06 bits per heavy atom. The Bertz CT molecular complexity index is 392.